The van der Waals surface area contributed by atoms with Gasteiger partial charge in [-0.3, -0.25) is 9.59 Å². The van der Waals surface area contributed by atoms with Crippen LogP contribution in [0.3, 0.4) is 0 Å². The van der Waals surface area contributed by atoms with Gasteiger partial charge in [0.2, 0.25) is 0 Å². The molecule has 5 nitrogen and oxygen atoms in total. The molecule has 0 fully saturated rings. The first-order chi connectivity index (χ1) is 5.88. The normalized spacial score (nSPS) is 7.08. The molecule has 0 saturated carbocycles. The summed E-state index contributed by atoms with van der Waals surface area (Å²) in [7, 11) is 0. The Balaban J connectivity index is -0.000000117. The number of amides is 2. The standard InChI is InChI=1S/C4H10O.2CH3NOS/c1-3-5-4-2;2*2-1(3)4/h3-4H2,1-2H3;2*(H3,2,3,4). The largest absolute Gasteiger partial charge is 0.382 e. The van der Waals surface area contributed by atoms with Crippen molar-refractivity contribution in [3.63, 3.8) is 0 Å². The van der Waals surface area contributed by atoms with E-state index in [0.717, 1.165) is 13.2 Å². The highest BCUT2D eigenvalue weighted by Gasteiger charge is 1.64. The Kier molecular flexibility index (Phi) is 24.9. The molecule has 13 heavy (non-hydrogen) atoms. The number of thiol groups is 2. The molecule has 0 rings (SSSR count). The predicted octanol–water partition coefficient (Wildman–Crippen LogP) is 1.03. The lowest BCUT2D eigenvalue weighted by Gasteiger charge is -1.86. The molecule has 0 aromatic carbocycles. The molecule has 2 amide bonds. The maximum atomic E-state index is 9.09. The number of nitrogens with two attached hydrogens (primary N) is 2. The first-order valence-electron chi connectivity index (χ1n) is 3.42. The Morgan fingerprint density at radius 3 is 1.23 bits per heavy atom. The number of primary amides is 2. The lowest BCUT2D eigenvalue weighted by atomic mass is 10.8. The molecule has 0 aliphatic rings. The maximum absolute atomic E-state index is 9.09. The van der Waals surface area contributed by atoms with E-state index in [1.165, 1.54) is 0 Å². The SMILES string of the molecule is CCOCC.NC(=O)S.NC(=O)S. The van der Waals surface area contributed by atoms with Gasteiger partial charge in [0.25, 0.3) is 10.5 Å². The van der Waals surface area contributed by atoms with E-state index in [-0.39, 0.29) is 0 Å². The van der Waals surface area contributed by atoms with E-state index < -0.39 is 10.5 Å². The molecule has 0 aromatic heterocycles. The minimum Gasteiger partial charge on any atom is -0.382 e. The van der Waals surface area contributed by atoms with Gasteiger partial charge in [0, 0.05) is 13.2 Å². The van der Waals surface area contributed by atoms with Gasteiger partial charge >= 0.3 is 0 Å². The molecule has 0 aromatic rings. The predicted molar refractivity (Wildman–Crippen MR) is 59.3 cm³/mol. The number of hydrogen-bond acceptors (Lipinski definition) is 3. The van der Waals surface area contributed by atoms with E-state index in [1.807, 2.05) is 13.8 Å². The zero-order valence-corrected chi connectivity index (χ0v) is 9.48. The van der Waals surface area contributed by atoms with Gasteiger partial charge in [0.1, 0.15) is 0 Å². The number of ether oxygens (including phenoxy) is 1. The van der Waals surface area contributed by atoms with Crippen molar-refractivity contribution >= 4 is 35.7 Å². The van der Waals surface area contributed by atoms with Crippen molar-refractivity contribution in [2.24, 2.45) is 11.5 Å². The van der Waals surface area contributed by atoms with Crippen LogP contribution in [-0.2, 0) is 4.74 Å². The summed E-state index contributed by atoms with van der Waals surface area (Å²) in [6.07, 6.45) is 0. The lowest BCUT2D eigenvalue weighted by molar-refractivity contribution is 0.162. The Hall–Kier alpha value is -0.400. The van der Waals surface area contributed by atoms with Crippen LogP contribution in [0.15, 0.2) is 0 Å². The monoisotopic (exact) mass is 228 g/mol. The van der Waals surface area contributed by atoms with Gasteiger partial charge in [0.05, 0.1) is 0 Å². The summed E-state index contributed by atoms with van der Waals surface area (Å²) in [5.74, 6) is 0. The van der Waals surface area contributed by atoms with E-state index in [4.69, 9.17) is 14.3 Å². The Labute approximate surface area is 89.0 Å². The third-order valence-corrected chi connectivity index (χ3v) is 0.408. The van der Waals surface area contributed by atoms with E-state index >= 15 is 0 Å². The number of carbonyl (C=O) groups excluding carboxylic acids is 2. The topological polar surface area (TPSA) is 95.4 Å². The fourth-order valence-corrected chi connectivity index (χ4v) is 0.204. The highest BCUT2D eigenvalue weighted by Crippen LogP contribution is 1.64. The van der Waals surface area contributed by atoms with Crippen molar-refractivity contribution in [3.8, 4) is 0 Å². The van der Waals surface area contributed by atoms with Gasteiger partial charge in [-0.05, 0) is 13.8 Å². The summed E-state index contributed by atoms with van der Waals surface area (Å²) in [5.41, 5.74) is 8.67. The van der Waals surface area contributed by atoms with Crippen molar-refractivity contribution in [1.82, 2.24) is 0 Å². The van der Waals surface area contributed by atoms with Gasteiger partial charge in [0.15, 0.2) is 0 Å². The molecule has 0 heterocycles. The minimum atomic E-state index is -0.639. The van der Waals surface area contributed by atoms with Crippen LogP contribution in [-0.4, -0.2) is 23.7 Å². The molecule has 7 heteroatoms. The van der Waals surface area contributed by atoms with Crippen LogP contribution in [0.4, 0.5) is 9.59 Å². The average molecular weight is 228 g/mol. The highest BCUT2D eigenvalue weighted by molar-refractivity contribution is 7.96. The molecule has 0 unspecified atom stereocenters. The Morgan fingerprint density at radius 2 is 1.23 bits per heavy atom. The van der Waals surface area contributed by atoms with Crippen molar-refractivity contribution in [3.05, 3.63) is 0 Å². The zero-order valence-electron chi connectivity index (χ0n) is 7.69. The minimum absolute atomic E-state index is 0.639. The molecular weight excluding hydrogens is 212 g/mol. The van der Waals surface area contributed by atoms with Crippen molar-refractivity contribution in [1.29, 1.82) is 0 Å². The van der Waals surface area contributed by atoms with E-state index in [1.54, 1.807) is 0 Å². The molecular formula is C6H16N2O3S2. The molecule has 0 bridgehead atoms. The van der Waals surface area contributed by atoms with Crippen LogP contribution in [0.25, 0.3) is 0 Å². The molecule has 0 atom stereocenters. The van der Waals surface area contributed by atoms with Crippen LogP contribution < -0.4 is 11.5 Å². The number of hydrogen-bond donors (Lipinski definition) is 4. The molecule has 0 aliphatic heterocycles. The van der Waals surface area contributed by atoms with Gasteiger partial charge in [-0.15, -0.1) is 0 Å². The van der Waals surface area contributed by atoms with Gasteiger partial charge in [-0.2, -0.15) is 0 Å². The van der Waals surface area contributed by atoms with E-state index in [2.05, 4.69) is 36.7 Å². The van der Waals surface area contributed by atoms with Crippen molar-refractivity contribution < 1.29 is 14.3 Å². The second kappa shape index (κ2) is 17.6. The zero-order chi connectivity index (χ0) is 11.3. The molecule has 4 N–H and O–H groups in total. The summed E-state index contributed by atoms with van der Waals surface area (Å²) in [4.78, 5) is 18.2. The fraction of sp³-hybridized carbons (Fsp3) is 0.667. The second-order valence-corrected chi connectivity index (χ2v) is 2.34. The molecule has 0 aliphatic carbocycles. The van der Waals surface area contributed by atoms with Crippen LogP contribution in [0, 0.1) is 0 Å². The summed E-state index contributed by atoms with van der Waals surface area (Å²) >= 11 is 6.21. The third-order valence-electron chi connectivity index (χ3n) is 0.408. The van der Waals surface area contributed by atoms with Crippen LogP contribution in [0.2, 0.25) is 0 Å². The number of rotatable bonds is 2. The van der Waals surface area contributed by atoms with Crippen LogP contribution in [0.1, 0.15) is 13.8 Å². The average Bonchev–Trinajstić information content (AvgIpc) is 1.86. The first-order valence-corrected chi connectivity index (χ1v) is 4.32. The highest BCUT2D eigenvalue weighted by atomic mass is 32.1. The molecule has 0 saturated heterocycles. The third kappa shape index (κ3) is 418. The van der Waals surface area contributed by atoms with Gasteiger partial charge in [-0.25, -0.2) is 0 Å². The van der Waals surface area contributed by atoms with E-state index in [9.17, 15) is 0 Å². The molecule has 0 spiro atoms. The van der Waals surface area contributed by atoms with Crippen LogP contribution in [0.5, 0.6) is 0 Å². The van der Waals surface area contributed by atoms with Crippen LogP contribution >= 0.6 is 25.3 Å². The fourth-order valence-electron chi connectivity index (χ4n) is 0.204. The lowest BCUT2D eigenvalue weighted by Crippen LogP contribution is -1.95. The molecule has 80 valence electrons. The van der Waals surface area contributed by atoms with Gasteiger partial charge in [-0.1, -0.05) is 25.3 Å². The maximum Gasteiger partial charge on any atom is 0.273 e. The van der Waals surface area contributed by atoms with Crippen molar-refractivity contribution in [2.45, 2.75) is 13.8 Å². The first kappa shape index (κ1) is 18.4. The Morgan fingerprint density at radius 1 is 1.08 bits per heavy atom. The van der Waals surface area contributed by atoms with Gasteiger partial charge < -0.3 is 16.2 Å². The summed E-state index contributed by atoms with van der Waals surface area (Å²) in [5, 5.41) is -1.28. The van der Waals surface area contributed by atoms with Crippen molar-refractivity contribution in [2.75, 3.05) is 13.2 Å². The summed E-state index contributed by atoms with van der Waals surface area (Å²) in [6.45, 7) is 5.67. The quantitative estimate of drug-likeness (QED) is 0.532. The smallest absolute Gasteiger partial charge is 0.273 e. The summed E-state index contributed by atoms with van der Waals surface area (Å²) < 4.78 is 4.83. The van der Waals surface area contributed by atoms with E-state index in [0.29, 0.717) is 0 Å². The summed E-state index contributed by atoms with van der Waals surface area (Å²) in [6, 6.07) is 0. The number of carbonyl (C=O) groups is 2. The molecule has 0 radical (unpaired) electrons. The Bertz CT molecular complexity index is 111. The second-order valence-electron chi connectivity index (χ2n) is 1.46.